The van der Waals surface area contributed by atoms with Crippen molar-refractivity contribution in [1.82, 2.24) is 0 Å². The van der Waals surface area contributed by atoms with E-state index in [2.05, 4.69) is 33.1 Å². The van der Waals surface area contributed by atoms with Crippen LogP contribution in [0, 0.1) is 3.57 Å². The smallest absolute Gasteiger partial charge is 0.353 e. The van der Waals surface area contributed by atoms with Gasteiger partial charge in [-0.05, 0) is 46.9 Å². The predicted octanol–water partition coefficient (Wildman–Crippen LogP) is 1.46. The normalized spacial score (nSPS) is 17.8. The molecule has 1 atom stereocenters. The Hall–Kier alpha value is -1.64. The lowest BCUT2D eigenvalue weighted by atomic mass is 10.1. The summed E-state index contributed by atoms with van der Waals surface area (Å²) in [6, 6.07) is 7.22. The van der Waals surface area contributed by atoms with Crippen LogP contribution in [-0.4, -0.2) is 28.8 Å². The van der Waals surface area contributed by atoms with Crippen LogP contribution in [0.4, 0.5) is 5.69 Å². The van der Waals surface area contributed by atoms with Gasteiger partial charge in [-0.25, -0.2) is 4.79 Å². The molecule has 1 aliphatic rings. The fourth-order valence-electron chi connectivity index (χ4n) is 1.40. The Bertz CT molecular complexity index is 512. The van der Waals surface area contributed by atoms with Crippen LogP contribution in [0.25, 0.3) is 0 Å². The first-order valence-corrected chi connectivity index (χ1v) is 6.16. The minimum Gasteiger partial charge on any atom is -0.477 e. The lowest BCUT2D eigenvalue weighted by Crippen LogP contribution is -2.28. The number of hydrogen-bond donors (Lipinski definition) is 2. The molecule has 1 aromatic rings. The fraction of sp³-hybridized carbons (Fsp3) is 0.182. The van der Waals surface area contributed by atoms with Crippen molar-refractivity contribution in [2.24, 2.45) is 5.16 Å². The molecule has 18 heavy (non-hydrogen) atoms. The molecule has 2 N–H and O–H groups in total. The summed E-state index contributed by atoms with van der Waals surface area (Å²) in [5.74, 6) is -1.57. The molecule has 7 heteroatoms. The van der Waals surface area contributed by atoms with E-state index in [0.717, 1.165) is 3.57 Å². The van der Waals surface area contributed by atoms with Crippen molar-refractivity contribution in [1.29, 1.82) is 0 Å². The van der Waals surface area contributed by atoms with E-state index in [-0.39, 0.29) is 12.1 Å². The number of anilines is 1. The number of nitrogens with zero attached hydrogens (tertiary/aromatic N) is 1. The molecule has 0 fully saturated rings. The summed E-state index contributed by atoms with van der Waals surface area (Å²) in [6.07, 6.45) is -0.902. The summed E-state index contributed by atoms with van der Waals surface area (Å²) in [7, 11) is 0. The minimum atomic E-state index is -1.17. The summed E-state index contributed by atoms with van der Waals surface area (Å²) < 4.78 is 1.05. The van der Waals surface area contributed by atoms with E-state index in [4.69, 9.17) is 9.94 Å². The van der Waals surface area contributed by atoms with Gasteiger partial charge in [-0.3, -0.25) is 4.79 Å². The monoisotopic (exact) mass is 360 g/mol. The zero-order valence-electron chi connectivity index (χ0n) is 9.09. The van der Waals surface area contributed by atoms with Crippen molar-refractivity contribution < 1.29 is 19.5 Å². The number of amides is 1. The Morgan fingerprint density at radius 3 is 2.61 bits per heavy atom. The summed E-state index contributed by atoms with van der Waals surface area (Å²) in [5, 5.41) is 14.7. The van der Waals surface area contributed by atoms with Crippen LogP contribution in [0.5, 0.6) is 0 Å². The number of carbonyl (C=O) groups excluding carboxylic acids is 1. The first-order valence-electron chi connectivity index (χ1n) is 5.08. The summed E-state index contributed by atoms with van der Waals surface area (Å²) in [5.41, 5.74) is 0.491. The predicted molar refractivity (Wildman–Crippen MR) is 72.3 cm³/mol. The lowest BCUT2D eigenvalue weighted by molar-refractivity contribution is -0.129. The summed E-state index contributed by atoms with van der Waals surface area (Å²) in [4.78, 5) is 27.2. The quantitative estimate of drug-likeness (QED) is 0.799. The molecular formula is C11H9IN2O4. The van der Waals surface area contributed by atoms with Crippen LogP contribution in [0.3, 0.4) is 0 Å². The van der Waals surface area contributed by atoms with Crippen LogP contribution < -0.4 is 5.32 Å². The molecule has 1 heterocycles. The molecular weight excluding hydrogens is 351 g/mol. The highest BCUT2D eigenvalue weighted by Gasteiger charge is 2.31. The second kappa shape index (κ2) is 5.34. The molecule has 94 valence electrons. The topological polar surface area (TPSA) is 88.0 Å². The Labute approximate surface area is 116 Å². The van der Waals surface area contributed by atoms with Crippen LogP contribution >= 0.6 is 22.6 Å². The Morgan fingerprint density at radius 1 is 1.39 bits per heavy atom. The molecule has 1 amide bonds. The van der Waals surface area contributed by atoms with Gasteiger partial charge in [0.25, 0.3) is 5.91 Å². The van der Waals surface area contributed by atoms with Gasteiger partial charge < -0.3 is 15.3 Å². The lowest BCUT2D eigenvalue weighted by Gasteiger charge is -2.09. The van der Waals surface area contributed by atoms with Gasteiger partial charge in [0.2, 0.25) is 6.10 Å². The molecule has 0 radical (unpaired) electrons. The number of carbonyl (C=O) groups is 2. The molecule has 1 aromatic carbocycles. The molecule has 6 nitrogen and oxygen atoms in total. The van der Waals surface area contributed by atoms with Gasteiger partial charge >= 0.3 is 5.97 Å². The molecule has 0 aromatic heterocycles. The van der Waals surface area contributed by atoms with Gasteiger partial charge in [0.1, 0.15) is 0 Å². The van der Waals surface area contributed by atoms with Gasteiger partial charge in [0.15, 0.2) is 5.71 Å². The highest BCUT2D eigenvalue weighted by atomic mass is 127. The number of rotatable bonds is 3. The van der Waals surface area contributed by atoms with Gasteiger partial charge in [0, 0.05) is 15.7 Å². The Balaban J connectivity index is 1.94. The maximum Gasteiger partial charge on any atom is 0.353 e. The summed E-state index contributed by atoms with van der Waals surface area (Å²) >= 11 is 2.16. The van der Waals surface area contributed by atoms with Gasteiger partial charge in [-0.1, -0.05) is 5.16 Å². The standard InChI is InChI=1S/C11H9IN2O4/c12-6-1-3-7(4-2-6)13-10(15)9-5-8(11(16)17)14-18-9/h1-4,9H,5H2,(H,13,15)(H,16,17). The largest absolute Gasteiger partial charge is 0.477 e. The third kappa shape index (κ3) is 2.97. The van der Waals surface area contributed by atoms with Crippen LogP contribution in [0.15, 0.2) is 29.4 Å². The third-order valence-electron chi connectivity index (χ3n) is 2.32. The molecule has 0 saturated heterocycles. The third-order valence-corrected chi connectivity index (χ3v) is 3.04. The number of halogens is 1. The maximum atomic E-state index is 11.8. The first kappa shape index (κ1) is 12.8. The maximum absolute atomic E-state index is 11.8. The number of oxime groups is 1. The van der Waals surface area contributed by atoms with Gasteiger partial charge in [0.05, 0.1) is 0 Å². The first-order chi connectivity index (χ1) is 8.56. The molecule has 2 rings (SSSR count). The second-order valence-corrected chi connectivity index (χ2v) is 4.88. The number of benzene rings is 1. The van der Waals surface area contributed by atoms with E-state index >= 15 is 0 Å². The molecule has 0 aliphatic carbocycles. The number of carboxylic acids is 1. The van der Waals surface area contributed by atoms with Gasteiger partial charge in [-0.15, -0.1) is 0 Å². The minimum absolute atomic E-state index is 0.0223. The van der Waals surface area contributed by atoms with Crippen molar-refractivity contribution in [3.63, 3.8) is 0 Å². The average Bonchev–Trinajstić information content (AvgIpc) is 2.81. The van der Waals surface area contributed by atoms with E-state index in [1.165, 1.54) is 0 Å². The molecule has 0 saturated carbocycles. The van der Waals surface area contributed by atoms with Crippen molar-refractivity contribution in [2.75, 3.05) is 5.32 Å². The highest BCUT2D eigenvalue weighted by Crippen LogP contribution is 2.15. The van der Waals surface area contributed by atoms with Gasteiger partial charge in [-0.2, -0.15) is 0 Å². The molecule has 0 bridgehead atoms. The average molecular weight is 360 g/mol. The van der Waals surface area contributed by atoms with Crippen molar-refractivity contribution in [2.45, 2.75) is 12.5 Å². The van der Waals surface area contributed by atoms with E-state index in [0.29, 0.717) is 5.69 Å². The number of hydrogen-bond acceptors (Lipinski definition) is 4. The van der Waals surface area contributed by atoms with E-state index in [9.17, 15) is 9.59 Å². The Kier molecular flexibility index (Phi) is 3.80. The second-order valence-electron chi connectivity index (χ2n) is 3.64. The van der Waals surface area contributed by atoms with Crippen LogP contribution in [0.2, 0.25) is 0 Å². The zero-order valence-corrected chi connectivity index (χ0v) is 11.2. The SMILES string of the molecule is O=C(O)C1=NOC(C(=O)Nc2ccc(I)cc2)C1. The van der Waals surface area contributed by atoms with Crippen molar-refractivity contribution >= 4 is 45.9 Å². The summed E-state index contributed by atoms with van der Waals surface area (Å²) in [6.45, 7) is 0. The van der Waals surface area contributed by atoms with Crippen LogP contribution in [0.1, 0.15) is 6.42 Å². The highest BCUT2D eigenvalue weighted by molar-refractivity contribution is 14.1. The molecule has 1 unspecified atom stereocenters. The fourth-order valence-corrected chi connectivity index (χ4v) is 1.76. The van der Waals surface area contributed by atoms with E-state index in [1.54, 1.807) is 12.1 Å². The molecule has 0 spiro atoms. The Morgan fingerprint density at radius 2 is 2.06 bits per heavy atom. The number of aliphatic carboxylic acids is 1. The van der Waals surface area contributed by atoms with Crippen molar-refractivity contribution in [3.8, 4) is 0 Å². The molecule has 1 aliphatic heterocycles. The number of nitrogens with one attached hydrogen (secondary N) is 1. The van der Waals surface area contributed by atoms with Crippen molar-refractivity contribution in [3.05, 3.63) is 27.8 Å². The number of carboxylic acid groups (broad SMARTS) is 1. The zero-order chi connectivity index (χ0) is 13.1. The van der Waals surface area contributed by atoms with E-state index in [1.807, 2.05) is 12.1 Å². The van der Waals surface area contributed by atoms with Crippen LogP contribution in [-0.2, 0) is 14.4 Å². The van der Waals surface area contributed by atoms with E-state index < -0.39 is 18.0 Å².